The van der Waals surface area contributed by atoms with Crippen molar-refractivity contribution < 1.29 is 19.8 Å². The predicted octanol–water partition coefficient (Wildman–Crippen LogP) is 9.02. The molecule has 6 aliphatic rings. The van der Waals surface area contributed by atoms with Crippen LogP contribution in [0.2, 0.25) is 0 Å². The number of carbonyl (C=O) groups excluding carboxylic acids is 1. The number of allylic oxidation sites excluding steroid dienone is 3. The maximum absolute atomic E-state index is 14.7. The number of aliphatic hydroxyl groups is 1. The van der Waals surface area contributed by atoms with Gasteiger partial charge in [-0.2, -0.15) is 0 Å². The average Bonchev–Trinajstić information content (AvgIpc) is 3.67. The van der Waals surface area contributed by atoms with E-state index in [4.69, 9.17) is 0 Å². The Morgan fingerprint density at radius 2 is 1.62 bits per heavy atom. The van der Waals surface area contributed by atoms with Crippen LogP contribution in [0.5, 0.6) is 0 Å². The van der Waals surface area contributed by atoms with Crippen molar-refractivity contribution in [2.45, 2.75) is 118 Å². The number of fused-ring (bicyclic) bond motifs is 7. The number of hydrogen-bond donors (Lipinski definition) is 2. The summed E-state index contributed by atoms with van der Waals surface area (Å²) in [5, 5.41) is 19.7. The number of aromatic carboxylic acids is 1. The highest BCUT2D eigenvalue weighted by atomic mass is 16.4. The molecule has 1 aromatic rings. The van der Waals surface area contributed by atoms with Crippen LogP contribution >= 0.6 is 0 Å². The summed E-state index contributed by atoms with van der Waals surface area (Å²) in [5.74, 6) is 1.91. The van der Waals surface area contributed by atoms with E-state index < -0.39 is 5.97 Å². The number of likely N-dealkylation sites (tertiary alicyclic amines) is 1. The largest absolute Gasteiger partial charge is 0.478 e. The molecule has 5 aliphatic carbocycles. The highest BCUT2D eigenvalue weighted by Crippen LogP contribution is 2.78. The molecule has 1 saturated heterocycles. The Labute approximate surface area is 283 Å². The van der Waals surface area contributed by atoms with Crippen LogP contribution in [0.4, 0.5) is 0 Å². The molecular weight excluding hydrogens is 582 g/mol. The second kappa shape index (κ2) is 11.1. The summed E-state index contributed by atoms with van der Waals surface area (Å²) in [4.78, 5) is 28.4. The van der Waals surface area contributed by atoms with Gasteiger partial charge in [-0.15, -0.1) is 0 Å². The first-order valence-electron chi connectivity index (χ1n) is 18.8. The molecular formula is C42H59NO4. The molecule has 5 nitrogen and oxygen atoms in total. The van der Waals surface area contributed by atoms with Gasteiger partial charge in [0.15, 0.2) is 0 Å². The van der Waals surface area contributed by atoms with Crippen molar-refractivity contribution in [3.05, 3.63) is 53.6 Å². The quantitative estimate of drug-likeness (QED) is 0.315. The van der Waals surface area contributed by atoms with Crippen LogP contribution in [-0.2, 0) is 4.79 Å². The summed E-state index contributed by atoms with van der Waals surface area (Å²) in [5.41, 5.74) is 4.37. The van der Waals surface area contributed by atoms with E-state index in [0.717, 1.165) is 57.1 Å². The predicted molar refractivity (Wildman–Crippen MR) is 188 cm³/mol. The number of benzene rings is 1. The second-order valence-corrected chi connectivity index (χ2v) is 18.2. The summed E-state index contributed by atoms with van der Waals surface area (Å²) in [6.45, 7) is 20.4. The van der Waals surface area contributed by atoms with Crippen molar-refractivity contribution in [2.24, 2.45) is 56.7 Å². The van der Waals surface area contributed by atoms with Gasteiger partial charge in [0.1, 0.15) is 0 Å². The molecule has 1 aromatic carbocycles. The van der Waals surface area contributed by atoms with E-state index in [9.17, 15) is 19.8 Å². The monoisotopic (exact) mass is 641 g/mol. The molecule has 0 radical (unpaired) electrons. The first kappa shape index (κ1) is 33.1. The minimum atomic E-state index is -0.876. The smallest absolute Gasteiger partial charge is 0.335 e. The fraction of sp³-hybridized carbons (Fsp3) is 0.714. The molecule has 5 heteroatoms. The van der Waals surface area contributed by atoms with Gasteiger partial charge in [0.25, 0.3) is 0 Å². The van der Waals surface area contributed by atoms with Crippen molar-refractivity contribution in [3.63, 3.8) is 0 Å². The van der Waals surface area contributed by atoms with Gasteiger partial charge in [-0.25, -0.2) is 4.79 Å². The van der Waals surface area contributed by atoms with E-state index in [2.05, 4.69) is 59.1 Å². The van der Waals surface area contributed by atoms with E-state index in [-0.39, 0.29) is 39.7 Å². The standard InChI is InChI=1S/C42H59NO4/c1-26(2)30-16-21-42(37(47)43-24-8-9-29(43)25-44)23-22-40(6)32(35(30)42)14-15-34-39(5)19-17-31(27-10-12-28(13-11-27)36(45)46)38(3,4)33(39)18-20-41(34,40)7/h10-13,17,29-30,32-35,44H,1,8-9,14-16,18-25H2,2-7H3,(H,45,46)/t29?,30-,32+,33-,34+,35+,39-,40+,41+,42-/m0/s1. The van der Waals surface area contributed by atoms with Gasteiger partial charge in [0.2, 0.25) is 5.91 Å². The normalized spacial score (nSPS) is 43.6. The van der Waals surface area contributed by atoms with Crippen LogP contribution in [0.15, 0.2) is 42.5 Å². The van der Waals surface area contributed by atoms with Crippen LogP contribution in [0.1, 0.15) is 128 Å². The Morgan fingerprint density at radius 3 is 2.28 bits per heavy atom. The van der Waals surface area contributed by atoms with Gasteiger partial charge < -0.3 is 15.1 Å². The van der Waals surface area contributed by atoms with Gasteiger partial charge in [-0.3, -0.25) is 4.79 Å². The van der Waals surface area contributed by atoms with Crippen LogP contribution in [0.25, 0.3) is 5.57 Å². The Morgan fingerprint density at radius 1 is 0.894 bits per heavy atom. The van der Waals surface area contributed by atoms with Gasteiger partial charge >= 0.3 is 5.97 Å². The Hall–Kier alpha value is -2.40. The van der Waals surface area contributed by atoms with Crippen LogP contribution in [0, 0.1) is 56.7 Å². The van der Waals surface area contributed by atoms with Gasteiger partial charge in [-0.05, 0) is 152 Å². The van der Waals surface area contributed by atoms with E-state index in [1.54, 1.807) is 12.1 Å². The zero-order valence-corrected chi connectivity index (χ0v) is 29.9. The third-order valence-electron chi connectivity index (χ3n) is 16.4. The number of rotatable bonds is 5. The molecule has 4 saturated carbocycles. The van der Waals surface area contributed by atoms with E-state index in [1.807, 2.05) is 12.1 Å². The van der Waals surface area contributed by atoms with Crippen molar-refractivity contribution >= 4 is 17.4 Å². The molecule has 0 aromatic heterocycles. The van der Waals surface area contributed by atoms with Crippen molar-refractivity contribution in [1.29, 1.82) is 0 Å². The lowest BCUT2D eigenvalue weighted by atomic mass is 9.32. The third-order valence-corrected chi connectivity index (χ3v) is 16.4. The van der Waals surface area contributed by atoms with Crippen molar-refractivity contribution in [3.8, 4) is 0 Å². The van der Waals surface area contributed by atoms with Gasteiger partial charge in [0.05, 0.1) is 23.6 Å². The second-order valence-electron chi connectivity index (χ2n) is 18.2. The van der Waals surface area contributed by atoms with Gasteiger partial charge in [-0.1, -0.05) is 65.0 Å². The fourth-order valence-electron chi connectivity index (χ4n) is 14.0. The average molecular weight is 642 g/mol. The molecule has 1 unspecified atom stereocenters. The number of amides is 1. The van der Waals surface area contributed by atoms with E-state index >= 15 is 0 Å². The van der Waals surface area contributed by atoms with E-state index in [1.165, 1.54) is 36.8 Å². The molecule has 256 valence electrons. The highest BCUT2D eigenvalue weighted by Gasteiger charge is 2.72. The molecule has 2 N–H and O–H groups in total. The lowest BCUT2D eigenvalue weighted by Crippen LogP contribution is -2.66. The molecule has 0 spiro atoms. The van der Waals surface area contributed by atoms with Crippen LogP contribution in [-0.4, -0.2) is 46.2 Å². The first-order chi connectivity index (χ1) is 22.2. The lowest BCUT2D eigenvalue weighted by molar-refractivity contribution is -0.226. The first-order valence-corrected chi connectivity index (χ1v) is 18.8. The highest BCUT2D eigenvalue weighted by molar-refractivity contribution is 5.88. The number of carboxylic acids is 1. The fourth-order valence-corrected chi connectivity index (χ4v) is 14.0. The number of carboxylic acid groups (broad SMARTS) is 1. The molecule has 7 rings (SSSR count). The minimum Gasteiger partial charge on any atom is -0.478 e. The Balaban J connectivity index is 1.23. The lowest BCUT2D eigenvalue weighted by Gasteiger charge is -2.72. The van der Waals surface area contributed by atoms with Crippen molar-refractivity contribution in [2.75, 3.05) is 13.2 Å². The maximum atomic E-state index is 14.7. The maximum Gasteiger partial charge on any atom is 0.335 e. The summed E-state index contributed by atoms with van der Waals surface area (Å²) in [6.07, 6.45) is 14.5. The molecule has 47 heavy (non-hydrogen) atoms. The summed E-state index contributed by atoms with van der Waals surface area (Å²) < 4.78 is 0. The zero-order chi connectivity index (χ0) is 33.7. The Bertz CT molecular complexity index is 1490. The topological polar surface area (TPSA) is 77.8 Å². The number of hydrogen-bond acceptors (Lipinski definition) is 3. The van der Waals surface area contributed by atoms with E-state index in [0.29, 0.717) is 41.1 Å². The van der Waals surface area contributed by atoms with Crippen molar-refractivity contribution in [1.82, 2.24) is 4.90 Å². The molecule has 5 fully saturated rings. The minimum absolute atomic E-state index is 0.0131. The Kier molecular flexibility index (Phi) is 7.79. The molecule has 0 bridgehead atoms. The number of nitrogens with zero attached hydrogens (tertiary/aromatic N) is 1. The molecule has 1 amide bonds. The van der Waals surface area contributed by atoms with Crippen LogP contribution < -0.4 is 0 Å². The SMILES string of the molecule is C=C(C)[C@@H]1CC[C@]2(C(=O)N3CCCC3CO)CC[C@]3(C)[C@H](CC[C@@H]4[C@@]5(C)CC=C(c6ccc(C(=O)O)cc6)C(C)(C)[C@@H]5CC[C@]43C)[C@@H]12. The summed E-state index contributed by atoms with van der Waals surface area (Å²) in [6, 6.07) is 7.52. The van der Waals surface area contributed by atoms with Crippen LogP contribution in [0.3, 0.4) is 0 Å². The summed E-state index contributed by atoms with van der Waals surface area (Å²) in [7, 11) is 0. The molecule has 1 heterocycles. The third kappa shape index (κ3) is 4.42. The number of aliphatic hydroxyl groups excluding tert-OH is 1. The molecule has 10 atom stereocenters. The van der Waals surface area contributed by atoms with Gasteiger partial charge in [0, 0.05) is 6.54 Å². The number of carbonyl (C=O) groups is 2. The summed E-state index contributed by atoms with van der Waals surface area (Å²) >= 11 is 0. The molecule has 1 aliphatic heterocycles. The zero-order valence-electron chi connectivity index (χ0n) is 29.9.